The lowest BCUT2D eigenvalue weighted by atomic mass is 10.3. The number of fused-ring (bicyclic) bond motifs is 1. The number of allylic oxidation sites excluding steroid dienone is 1. The topological polar surface area (TPSA) is 17.8 Å². The Morgan fingerprint density at radius 2 is 2.19 bits per heavy atom. The van der Waals surface area contributed by atoms with Crippen LogP contribution in [-0.4, -0.2) is 9.55 Å². The Kier molecular flexibility index (Phi) is 3.62. The number of para-hydroxylation sites is 2. The second kappa shape index (κ2) is 5.17. The molecule has 0 aliphatic heterocycles. The van der Waals surface area contributed by atoms with Crippen LogP contribution in [0.4, 0.5) is 0 Å². The van der Waals surface area contributed by atoms with Crippen molar-refractivity contribution in [2.24, 2.45) is 0 Å². The largest absolute Gasteiger partial charge is 0.324 e. The van der Waals surface area contributed by atoms with Crippen molar-refractivity contribution in [1.82, 2.24) is 9.55 Å². The van der Waals surface area contributed by atoms with Gasteiger partial charge in [-0.3, -0.25) is 0 Å². The van der Waals surface area contributed by atoms with Gasteiger partial charge < -0.3 is 4.57 Å². The van der Waals surface area contributed by atoms with E-state index in [0.717, 1.165) is 30.7 Å². The highest BCUT2D eigenvalue weighted by molar-refractivity contribution is 6.25. The summed E-state index contributed by atoms with van der Waals surface area (Å²) in [6.07, 6.45) is 4.05. The minimum absolute atomic E-state index is 0.791. The second-order valence-electron chi connectivity index (χ2n) is 3.74. The number of benzene rings is 1. The number of aryl methyl sites for hydroxylation is 1. The van der Waals surface area contributed by atoms with Gasteiger partial charge in [-0.2, -0.15) is 0 Å². The molecule has 0 saturated carbocycles. The van der Waals surface area contributed by atoms with E-state index in [1.165, 1.54) is 5.52 Å². The van der Waals surface area contributed by atoms with Gasteiger partial charge in [-0.25, -0.2) is 4.98 Å². The highest BCUT2D eigenvalue weighted by Gasteiger charge is 2.07. The summed E-state index contributed by atoms with van der Waals surface area (Å²) in [6, 6.07) is 8.21. The smallest absolute Gasteiger partial charge is 0.110 e. The fourth-order valence-corrected chi connectivity index (χ4v) is 1.97. The first kappa shape index (κ1) is 11.2. The number of halogens is 1. The van der Waals surface area contributed by atoms with Crippen LogP contribution >= 0.6 is 11.6 Å². The highest BCUT2D eigenvalue weighted by Crippen LogP contribution is 2.17. The molecule has 0 radical (unpaired) electrons. The number of rotatable bonds is 4. The van der Waals surface area contributed by atoms with Gasteiger partial charge in [-0.05, 0) is 18.6 Å². The van der Waals surface area contributed by atoms with E-state index < -0.39 is 0 Å². The predicted octanol–water partition coefficient (Wildman–Crippen LogP) is 3.74. The number of hydrogen-bond acceptors (Lipinski definition) is 1. The first-order chi connectivity index (χ1) is 7.86. The van der Waals surface area contributed by atoms with Gasteiger partial charge in [0.15, 0.2) is 0 Å². The molecule has 2 nitrogen and oxygen atoms in total. The van der Waals surface area contributed by atoms with E-state index in [0.29, 0.717) is 0 Å². The van der Waals surface area contributed by atoms with Gasteiger partial charge in [0.2, 0.25) is 0 Å². The molecule has 16 heavy (non-hydrogen) atoms. The van der Waals surface area contributed by atoms with E-state index in [-0.39, 0.29) is 0 Å². The molecular formula is C13H15ClN2. The molecule has 0 bridgehead atoms. The lowest BCUT2D eigenvalue weighted by molar-refractivity contribution is 0.733. The van der Waals surface area contributed by atoms with Crippen molar-refractivity contribution >= 4 is 22.6 Å². The first-order valence-electron chi connectivity index (χ1n) is 5.56. The summed E-state index contributed by atoms with van der Waals surface area (Å²) < 4.78 is 2.22. The van der Waals surface area contributed by atoms with Gasteiger partial charge in [0.25, 0.3) is 0 Å². The van der Waals surface area contributed by atoms with Crippen molar-refractivity contribution in [3.05, 3.63) is 41.7 Å². The minimum Gasteiger partial charge on any atom is -0.324 e. The van der Waals surface area contributed by atoms with Crippen LogP contribution in [0.25, 0.3) is 11.0 Å². The summed E-state index contributed by atoms with van der Waals surface area (Å²) >= 11 is 5.58. The molecule has 84 valence electrons. The van der Waals surface area contributed by atoms with Gasteiger partial charge >= 0.3 is 0 Å². The van der Waals surface area contributed by atoms with Crippen molar-refractivity contribution < 1.29 is 0 Å². The van der Waals surface area contributed by atoms with E-state index >= 15 is 0 Å². The summed E-state index contributed by atoms with van der Waals surface area (Å²) in [6.45, 7) is 2.96. The molecule has 3 heteroatoms. The molecule has 1 heterocycles. The Labute approximate surface area is 101 Å². The lowest BCUT2D eigenvalue weighted by Crippen LogP contribution is -2.01. The molecule has 0 unspecified atom stereocenters. The second-order valence-corrected chi connectivity index (χ2v) is 3.99. The zero-order chi connectivity index (χ0) is 11.4. The van der Waals surface area contributed by atoms with Gasteiger partial charge in [0, 0.05) is 18.5 Å². The summed E-state index contributed by atoms with van der Waals surface area (Å²) in [5.74, 6) is 1.14. The van der Waals surface area contributed by atoms with Crippen LogP contribution in [0, 0.1) is 0 Å². The van der Waals surface area contributed by atoms with Crippen LogP contribution < -0.4 is 0 Å². The fourth-order valence-electron chi connectivity index (χ4n) is 1.89. The molecule has 0 amide bonds. The third-order valence-electron chi connectivity index (χ3n) is 2.58. The lowest BCUT2D eigenvalue weighted by Gasteiger charge is -2.04. The molecule has 0 N–H and O–H groups in total. The normalized spacial score (nSPS) is 11.6. The Bertz CT molecular complexity index is 500. The Morgan fingerprint density at radius 3 is 2.94 bits per heavy atom. The standard InChI is InChI=1S/C13H15ClN2/c1-2-6-13-15-11-7-3-4-8-12(11)16(13)10-5-9-14/h3-5,7-9H,2,6,10H2,1H3/b9-5+. The van der Waals surface area contributed by atoms with Crippen molar-refractivity contribution in [1.29, 1.82) is 0 Å². The molecule has 0 spiro atoms. The molecule has 0 fully saturated rings. The number of aromatic nitrogens is 2. The number of imidazole rings is 1. The quantitative estimate of drug-likeness (QED) is 0.788. The number of nitrogens with zero attached hydrogens (tertiary/aromatic N) is 2. The van der Waals surface area contributed by atoms with E-state index in [2.05, 4.69) is 28.6 Å². The average molecular weight is 235 g/mol. The Hall–Kier alpha value is -1.28. The molecule has 0 aliphatic carbocycles. The van der Waals surface area contributed by atoms with Crippen molar-refractivity contribution in [3.8, 4) is 0 Å². The van der Waals surface area contributed by atoms with Crippen LogP contribution in [0.3, 0.4) is 0 Å². The van der Waals surface area contributed by atoms with E-state index in [4.69, 9.17) is 11.6 Å². The molecule has 2 aromatic rings. The van der Waals surface area contributed by atoms with Crippen LogP contribution in [0.15, 0.2) is 35.9 Å². The van der Waals surface area contributed by atoms with E-state index in [1.54, 1.807) is 5.54 Å². The number of hydrogen-bond donors (Lipinski definition) is 0. The molecule has 2 rings (SSSR count). The Balaban J connectivity index is 2.50. The van der Waals surface area contributed by atoms with Crippen LogP contribution in [0.1, 0.15) is 19.2 Å². The summed E-state index contributed by atoms with van der Waals surface area (Å²) in [5.41, 5.74) is 3.81. The minimum atomic E-state index is 0.791. The van der Waals surface area contributed by atoms with Crippen molar-refractivity contribution in [3.63, 3.8) is 0 Å². The van der Waals surface area contributed by atoms with Gasteiger partial charge in [-0.1, -0.05) is 36.7 Å². The van der Waals surface area contributed by atoms with Gasteiger partial charge in [0.1, 0.15) is 5.82 Å². The maximum absolute atomic E-state index is 5.58. The molecule has 1 aromatic heterocycles. The predicted molar refractivity (Wildman–Crippen MR) is 68.7 cm³/mol. The van der Waals surface area contributed by atoms with Crippen molar-refractivity contribution in [2.45, 2.75) is 26.3 Å². The van der Waals surface area contributed by atoms with Crippen LogP contribution in [-0.2, 0) is 13.0 Å². The zero-order valence-corrected chi connectivity index (χ0v) is 10.1. The molecule has 1 aromatic carbocycles. The summed E-state index contributed by atoms with van der Waals surface area (Å²) in [7, 11) is 0. The third kappa shape index (κ3) is 2.12. The zero-order valence-electron chi connectivity index (χ0n) is 9.36. The summed E-state index contributed by atoms with van der Waals surface area (Å²) in [5, 5.41) is 0. The SMILES string of the molecule is CCCc1nc2ccccc2n1C/C=C/Cl. The van der Waals surface area contributed by atoms with Gasteiger partial charge in [0.05, 0.1) is 11.0 Å². The van der Waals surface area contributed by atoms with E-state index in [9.17, 15) is 0 Å². The maximum atomic E-state index is 5.58. The first-order valence-corrected chi connectivity index (χ1v) is 5.99. The average Bonchev–Trinajstić information content (AvgIpc) is 2.65. The van der Waals surface area contributed by atoms with Gasteiger partial charge in [-0.15, -0.1) is 0 Å². The van der Waals surface area contributed by atoms with E-state index in [1.807, 2.05) is 18.2 Å². The molecule has 0 atom stereocenters. The summed E-state index contributed by atoms with van der Waals surface area (Å²) in [4.78, 5) is 4.64. The monoisotopic (exact) mass is 234 g/mol. The highest BCUT2D eigenvalue weighted by atomic mass is 35.5. The fraction of sp³-hybridized carbons (Fsp3) is 0.308. The maximum Gasteiger partial charge on any atom is 0.110 e. The Morgan fingerprint density at radius 1 is 1.38 bits per heavy atom. The molecule has 0 aliphatic rings. The van der Waals surface area contributed by atoms with Crippen LogP contribution in [0.2, 0.25) is 0 Å². The van der Waals surface area contributed by atoms with Crippen LogP contribution in [0.5, 0.6) is 0 Å². The van der Waals surface area contributed by atoms with Crippen molar-refractivity contribution in [2.75, 3.05) is 0 Å². The third-order valence-corrected chi connectivity index (χ3v) is 2.76. The molecule has 0 saturated heterocycles. The molecular weight excluding hydrogens is 220 g/mol.